The van der Waals surface area contributed by atoms with Gasteiger partial charge in [-0.1, -0.05) is 20.8 Å². The average Bonchev–Trinajstić information content (AvgIpc) is 2.06. The van der Waals surface area contributed by atoms with Gasteiger partial charge in [-0.3, -0.25) is 4.72 Å². The molecule has 0 spiro atoms. The number of benzene rings is 1. The number of anilines is 2. The molecule has 1 aromatic carbocycles. The van der Waals surface area contributed by atoms with Crippen LogP contribution >= 0.6 is 0 Å². The van der Waals surface area contributed by atoms with E-state index in [0.717, 1.165) is 6.07 Å². The summed E-state index contributed by atoms with van der Waals surface area (Å²) in [5, 5.41) is 0. The maximum absolute atomic E-state index is 13.0. The van der Waals surface area contributed by atoms with E-state index in [2.05, 4.69) is 4.72 Å². The van der Waals surface area contributed by atoms with Gasteiger partial charge < -0.3 is 5.73 Å². The lowest BCUT2D eigenvalue weighted by Crippen LogP contribution is -2.26. The van der Waals surface area contributed by atoms with Gasteiger partial charge in [0.25, 0.3) is 0 Å². The van der Waals surface area contributed by atoms with Crippen molar-refractivity contribution < 1.29 is 12.8 Å². The highest BCUT2D eigenvalue weighted by atomic mass is 32.2. The van der Waals surface area contributed by atoms with Gasteiger partial charge in [-0.2, -0.15) is 0 Å². The first-order valence-corrected chi connectivity index (χ1v) is 6.80. The number of sulfonamides is 1. The predicted molar refractivity (Wildman–Crippen MR) is 67.7 cm³/mol. The van der Waals surface area contributed by atoms with Crippen LogP contribution in [-0.2, 0) is 10.0 Å². The average molecular weight is 260 g/mol. The molecule has 0 heterocycles. The summed E-state index contributed by atoms with van der Waals surface area (Å²) in [5.74, 6) is -0.594. The summed E-state index contributed by atoms with van der Waals surface area (Å²) >= 11 is 0. The van der Waals surface area contributed by atoms with Gasteiger partial charge in [-0.15, -0.1) is 0 Å². The number of nitrogen functional groups attached to an aromatic ring is 1. The first-order valence-electron chi connectivity index (χ1n) is 5.15. The van der Waals surface area contributed by atoms with E-state index in [4.69, 9.17) is 5.73 Å². The van der Waals surface area contributed by atoms with E-state index in [1.807, 2.05) is 0 Å². The number of hydrogen-bond donors (Lipinski definition) is 2. The standard InChI is InChI=1S/C11H17FN2O2S/c1-11(2,3)7-17(15,16)14-10-6-8(12)4-5-9(10)13/h4-6,14H,7,13H2,1-3H3. The lowest BCUT2D eigenvalue weighted by Gasteiger charge is -2.19. The molecule has 0 aromatic heterocycles. The van der Waals surface area contributed by atoms with Crippen LogP contribution in [0, 0.1) is 11.2 Å². The van der Waals surface area contributed by atoms with Crippen LogP contribution in [0.2, 0.25) is 0 Å². The lowest BCUT2D eigenvalue weighted by atomic mass is 10.0. The molecule has 0 radical (unpaired) electrons. The summed E-state index contributed by atoms with van der Waals surface area (Å²) in [6.07, 6.45) is 0. The topological polar surface area (TPSA) is 72.2 Å². The van der Waals surface area contributed by atoms with Crippen molar-refractivity contribution in [3.63, 3.8) is 0 Å². The Hall–Kier alpha value is -1.30. The lowest BCUT2D eigenvalue weighted by molar-refractivity contribution is 0.463. The van der Waals surface area contributed by atoms with E-state index in [0.29, 0.717) is 0 Å². The van der Waals surface area contributed by atoms with Gasteiger partial charge in [0.05, 0.1) is 17.1 Å². The highest BCUT2D eigenvalue weighted by molar-refractivity contribution is 7.92. The van der Waals surface area contributed by atoms with E-state index in [1.54, 1.807) is 20.8 Å². The highest BCUT2D eigenvalue weighted by Crippen LogP contribution is 2.23. The van der Waals surface area contributed by atoms with Crippen LogP contribution < -0.4 is 10.5 Å². The van der Waals surface area contributed by atoms with Gasteiger partial charge in [0.15, 0.2) is 0 Å². The zero-order valence-electron chi connectivity index (χ0n) is 10.1. The fourth-order valence-electron chi connectivity index (χ4n) is 1.39. The smallest absolute Gasteiger partial charge is 0.233 e. The number of nitrogens with two attached hydrogens (primary N) is 1. The fraction of sp³-hybridized carbons (Fsp3) is 0.455. The normalized spacial score (nSPS) is 12.5. The minimum Gasteiger partial charge on any atom is -0.397 e. The second kappa shape index (κ2) is 4.52. The maximum Gasteiger partial charge on any atom is 0.233 e. The van der Waals surface area contributed by atoms with Crippen LogP contribution in [-0.4, -0.2) is 14.2 Å². The molecule has 0 fully saturated rings. The van der Waals surface area contributed by atoms with E-state index >= 15 is 0 Å². The summed E-state index contributed by atoms with van der Waals surface area (Å²) in [6, 6.07) is 3.57. The molecule has 3 N–H and O–H groups in total. The second-order valence-corrected chi connectivity index (χ2v) is 6.88. The van der Waals surface area contributed by atoms with Crippen molar-refractivity contribution in [2.75, 3.05) is 16.2 Å². The number of nitrogens with one attached hydrogen (secondary N) is 1. The molecule has 0 atom stereocenters. The molecule has 17 heavy (non-hydrogen) atoms. The molecule has 0 bridgehead atoms. The first kappa shape index (κ1) is 13.8. The molecular weight excluding hydrogens is 243 g/mol. The molecule has 0 saturated heterocycles. The highest BCUT2D eigenvalue weighted by Gasteiger charge is 2.22. The molecule has 0 saturated carbocycles. The molecule has 0 aliphatic carbocycles. The Morgan fingerprint density at radius 1 is 1.35 bits per heavy atom. The summed E-state index contributed by atoms with van der Waals surface area (Å²) in [4.78, 5) is 0. The number of hydrogen-bond acceptors (Lipinski definition) is 3. The third kappa shape index (κ3) is 4.60. The number of halogens is 1. The van der Waals surface area contributed by atoms with Crippen LogP contribution in [0.15, 0.2) is 18.2 Å². The Kier molecular flexibility index (Phi) is 3.66. The van der Waals surface area contributed by atoms with E-state index in [1.165, 1.54) is 12.1 Å². The Morgan fingerprint density at radius 2 is 1.94 bits per heavy atom. The Balaban J connectivity index is 2.94. The van der Waals surface area contributed by atoms with E-state index in [9.17, 15) is 12.8 Å². The molecule has 0 aliphatic rings. The Morgan fingerprint density at radius 3 is 2.47 bits per heavy atom. The zero-order chi connectivity index (χ0) is 13.3. The molecule has 0 unspecified atom stereocenters. The van der Waals surface area contributed by atoms with Crippen LogP contribution in [0.4, 0.5) is 15.8 Å². The minimum atomic E-state index is -3.53. The first-order chi connectivity index (χ1) is 7.59. The van der Waals surface area contributed by atoms with Crippen LogP contribution in [0.3, 0.4) is 0 Å². The molecular formula is C11H17FN2O2S. The summed E-state index contributed by atoms with van der Waals surface area (Å²) in [7, 11) is -3.53. The van der Waals surface area contributed by atoms with Crippen molar-refractivity contribution in [1.82, 2.24) is 0 Å². The molecule has 1 rings (SSSR count). The van der Waals surface area contributed by atoms with Gasteiger partial charge in [0, 0.05) is 6.07 Å². The monoisotopic (exact) mass is 260 g/mol. The SMILES string of the molecule is CC(C)(C)CS(=O)(=O)Nc1cc(F)ccc1N. The van der Waals surface area contributed by atoms with Crippen molar-refractivity contribution >= 4 is 21.4 Å². The molecule has 0 aliphatic heterocycles. The van der Waals surface area contributed by atoms with Crippen molar-refractivity contribution in [3.05, 3.63) is 24.0 Å². The van der Waals surface area contributed by atoms with Gasteiger partial charge in [-0.25, -0.2) is 12.8 Å². The summed E-state index contributed by atoms with van der Waals surface area (Å²) in [6.45, 7) is 5.42. The molecule has 1 aromatic rings. The second-order valence-electron chi connectivity index (χ2n) is 5.15. The van der Waals surface area contributed by atoms with Crippen molar-refractivity contribution in [2.45, 2.75) is 20.8 Å². The zero-order valence-corrected chi connectivity index (χ0v) is 10.9. The van der Waals surface area contributed by atoms with E-state index < -0.39 is 15.8 Å². The van der Waals surface area contributed by atoms with E-state index in [-0.39, 0.29) is 22.5 Å². The summed E-state index contributed by atoms with van der Waals surface area (Å²) in [5.41, 5.74) is 5.46. The van der Waals surface area contributed by atoms with Crippen molar-refractivity contribution in [3.8, 4) is 0 Å². The largest absolute Gasteiger partial charge is 0.397 e. The predicted octanol–water partition coefficient (Wildman–Crippen LogP) is 2.20. The van der Waals surface area contributed by atoms with Gasteiger partial charge >= 0.3 is 0 Å². The number of rotatable bonds is 3. The molecule has 96 valence electrons. The maximum atomic E-state index is 13.0. The van der Waals surface area contributed by atoms with Crippen LogP contribution in [0.1, 0.15) is 20.8 Å². The Labute approximate surface area is 101 Å². The van der Waals surface area contributed by atoms with Crippen LogP contribution in [0.5, 0.6) is 0 Å². The third-order valence-electron chi connectivity index (χ3n) is 1.90. The van der Waals surface area contributed by atoms with Gasteiger partial charge in [-0.05, 0) is 17.5 Å². The third-order valence-corrected chi connectivity index (χ3v) is 3.68. The molecule has 6 heteroatoms. The molecule has 4 nitrogen and oxygen atoms in total. The Bertz CT molecular complexity index is 507. The van der Waals surface area contributed by atoms with Gasteiger partial charge in [0.2, 0.25) is 10.0 Å². The minimum absolute atomic E-state index is 0.0596. The fourth-order valence-corrected chi connectivity index (χ4v) is 3.11. The van der Waals surface area contributed by atoms with Crippen molar-refractivity contribution in [1.29, 1.82) is 0 Å². The van der Waals surface area contributed by atoms with Crippen molar-refractivity contribution in [2.24, 2.45) is 5.41 Å². The molecule has 0 amide bonds. The quantitative estimate of drug-likeness (QED) is 0.818. The van der Waals surface area contributed by atoms with Gasteiger partial charge in [0.1, 0.15) is 5.82 Å². The van der Waals surface area contributed by atoms with Crippen LogP contribution in [0.25, 0.3) is 0 Å². The summed E-state index contributed by atoms with van der Waals surface area (Å²) < 4.78 is 38.8.